The normalized spacial score (nSPS) is 20.1. The first-order valence-electron chi connectivity index (χ1n) is 7.84. The van der Waals surface area contributed by atoms with Crippen molar-refractivity contribution in [3.8, 4) is 0 Å². The van der Waals surface area contributed by atoms with Crippen molar-refractivity contribution in [3.05, 3.63) is 29.3 Å². The van der Waals surface area contributed by atoms with Crippen molar-refractivity contribution in [2.24, 2.45) is 0 Å². The lowest BCUT2D eigenvalue weighted by atomic mass is 9.67. The van der Waals surface area contributed by atoms with Gasteiger partial charge in [-0.2, -0.15) is 0 Å². The molecule has 0 radical (unpaired) electrons. The summed E-state index contributed by atoms with van der Waals surface area (Å²) in [5.41, 5.74) is 6.37. The van der Waals surface area contributed by atoms with Crippen LogP contribution in [0.15, 0.2) is 18.2 Å². The number of benzene rings is 1. The summed E-state index contributed by atoms with van der Waals surface area (Å²) >= 11 is 0. The second kappa shape index (κ2) is 5.48. The monoisotopic (exact) mass is 258 g/mol. The first kappa shape index (κ1) is 14.3. The van der Waals surface area contributed by atoms with Crippen molar-refractivity contribution in [1.29, 1.82) is 0 Å². The van der Waals surface area contributed by atoms with Crippen LogP contribution in [0.2, 0.25) is 0 Å². The molecule has 1 heterocycles. The second-order valence-electron chi connectivity index (χ2n) is 5.81. The summed E-state index contributed by atoms with van der Waals surface area (Å²) in [6.45, 7) is 8.55. The van der Waals surface area contributed by atoms with Crippen LogP contribution in [0.4, 0.5) is 5.69 Å². The molecule has 0 bridgehead atoms. The third-order valence-electron chi connectivity index (χ3n) is 4.93. The van der Waals surface area contributed by atoms with E-state index in [4.69, 9.17) is 0 Å². The van der Waals surface area contributed by atoms with Crippen molar-refractivity contribution in [2.75, 3.05) is 7.05 Å². The quantitative estimate of drug-likeness (QED) is 0.578. The highest BCUT2D eigenvalue weighted by Gasteiger charge is 2.48. The van der Waals surface area contributed by atoms with Crippen molar-refractivity contribution in [3.63, 3.8) is 0 Å². The molecule has 1 heteroatoms. The maximum atomic E-state index is 2.42. The highest BCUT2D eigenvalue weighted by atomic mass is 15.0. The van der Waals surface area contributed by atoms with E-state index in [0.717, 1.165) is 0 Å². The molecule has 104 valence electrons. The fourth-order valence-corrected chi connectivity index (χ4v) is 3.81. The Morgan fingerprint density at radius 1 is 1.00 bits per heavy atom. The van der Waals surface area contributed by atoms with E-state index in [2.05, 4.69) is 43.7 Å². The van der Waals surface area contributed by atoms with Crippen LogP contribution in [-0.2, 0) is 5.41 Å². The number of hydrogen-bond donors (Lipinski definition) is 0. The lowest BCUT2D eigenvalue weighted by Gasteiger charge is -2.31. The van der Waals surface area contributed by atoms with E-state index < -0.39 is 0 Å². The largest absolute Gasteiger partial charge is 0.209 e. The third-order valence-corrected chi connectivity index (χ3v) is 4.93. The SMILES string of the molecule is CC.CC1=[N+](C)c2ccc(C)cc2C12CCCCC2. The van der Waals surface area contributed by atoms with Crippen molar-refractivity contribution < 1.29 is 4.58 Å². The van der Waals surface area contributed by atoms with E-state index in [1.54, 1.807) is 11.3 Å². The molecule has 2 aliphatic rings. The maximum absolute atomic E-state index is 2.42. The summed E-state index contributed by atoms with van der Waals surface area (Å²) < 4.78 is 2.42. The zero-order valence-corrected chi connectivity index (χ0v) is 13.2. The molecule has 1 spiro atoms. The molecule has 1 aromatic rings. The van der Waals surface area contributed by atoms with Crippen LogP contribution in [0.5, 0.6) is 0 Å². The van der Waals surface area contributed by atoms with E-state index in [9.17, 15) is 0 Å². The fourth-order valence-electron chi connectivity index (χ4n) is 3.81. The van der Waals surface area contributed by atoms with E-state index in [0.29, 0.717) is 5.41 Å². The smallest absolute Gasteiger partial charge is 0.202 e. The van der Waals surface area contributed by atoms with Gasteiger partial charge in [0.1, 0.15) is 7.05 Å². The molecule has 1 fully saturated rings. The van der Waals surface area contributed by atoms with Crippen LogP contribution in [0.25, 0.3) is 0 Å². The molecule has 0 unspecified atom stereocenters. The Labute approximate surface area is 118 Å². The Morgan fingerprint density at radius 3 is 2.26 bits per heavy atom. The predicted molar refractivity (Wildman–Crippen MR) is 83.8 cm³/mol. The average Bonchev–Trinajstić information content (AvgIpc) is 2.65. The number of aryl methyl sites for hydroxylation is 1. The summed E-state index contributed by atoms with van der Waals surface area (Å²) in [6.07, 6.45) is 6.89. The fraction of sp³-hybridized carbons (Fsp3) is 0.611. The Morgan fingerprint density at radius 2 is 1.63 bits per heavy atom. The summed E-state index contributed by atoms with van der Waals surface area (Å²) in [7, 11) is 2.23. The molecule has 19 heavy (non-hydrogen) atoms. The predicted octanol–water partition coefficient (Wildman–Crippen LogP) is 4.97. The summed E-state index contributed by atoms with van der Waals surface area (Å²) in [5.74, 6) is 0. The van der Waals surface area contributed by atoms with Crippen LogP contribution in [0.3, 0.4) is 0 Å². The van der Waals surface area contributed by atoms with Crippen LogP contribution in [-0.4, -0.2) is 17.3 Å². The molecule has 1 nitrogen and oxygen atoms in total. The maximum Gasteiger partial charge on any atom is 0.209 e. The number of rotatable bonds is 0. The van der Waals surface area contributed by atoms with E-state index in [-0.39, 0.29) is 0 Å². The zero-order valence-electron chi connectivity index (χ0n) is 13.2. The minimum absolute atomic E-state index is 0.369. The Bertz CT molecular complexity index is 490. The Hall–Kier alpha value is -1.11. The molecule has 1 saturated carbocycles. The van der Waals surface area contributed by atoms with E-state index in [1.165, 1.54) is 43.4 Å². The van der Waals surface area contributed by atoms with E-state index in [1.807, 2.05) is 13.8 Å². The summed E-state index contributed by atoms with van der Waals surface area (Å²) in [4.78, 5) is 0. The second-order valence-corrected chi connectivity index (χ2v) is 5.81. The van der Waals surface area contributed by atoms with Gasteiger partial charge in [0.25, 0.3) is 0 Å². The van der Waals surface area contributed by atoms with Crippen molar-refractivity contribution >= 4 is 11.4 Å². The Balaban J connectivity index is 0.000000637. The van der Waals surface area contributed by atoms with Gasteiger partial charge in [-0.25, -0.2) is 4.58 Å². The van der Waals surface area contributed by atoms with Crippen molar-refractivity contribution in [1.82, 2.24) is 0 Å². The summed E-state index contributed by atoms with van der Waals surface area (Å²) in [5, 5.41) is 0. The summed E-state index contributed by atoms with van der Waals surface area (Å²) in [6, 6.07) is 6.97. The minimum Gasteiger partial charge on any atom is -0.202 e. The molecule has 0 saturated heterocycles. The van der Waals surface area contributed by atoms with Gasteiger partial charge >= 0.3 is 0 Å². The first-order chi connectivity index (χ1) is 9.15. The molecule has 0 N–H and O–H groups in total. The highest BCUT2D eigenvalue weighted by molar-refractivity contribution is 5.94. The van der Waals surface area contributed by atoms with Gasteiger partial charge in [-0.15, -0.1) is 0 Å². The van der Waals surface area contributed by atoms with Crippen LogP contribution < -0.4 is 0 Å². The van der Waals surface area contributed by atoms with Crippen LogP contribution in [0, 0.1) is 6.92 Å². The zero-order chi connectivity index (χ0) is 14.0. The van der Waals surface area contributed by atoms with Gasteiger partial charge < -0.3 is 0 Å². The minimum atomic E-state index is 0.369. The van der Waals surface area contributed by atoms with Gasteiger partial charge in [-0.05, 0) is 25.8 Å². The Kier molecular flexibility index (Phi) is 4.13. The van der Waals surface area contributed by atoms with Crippen molar-refractivity contribution in [2.45, 2.75) is 65.2 Å². The number of nitrogens with zero attached hydrogens (tertiary/aromatic N) is 1. The van der Waals surface area contributed by atoms with Crippen LogP contribution >= 0.6 is 0 Å². The standard InChI is InChI=1S/C16H22N.C2H6/c1-12-7-8-15-14(11-12)16(13(2)17(15)3)9-5-4-6-10-16;1-2/h7-8,11H,4-6,9-10H2,1-3H3;1-2H3/q+1;. The van der Waals surface area contributed by atoms with Gasteiger partial charge in [0.2, 0.25) is 5.69 Å². The molecule has 0 aromatic heterocycles. The first-order valence-corrected chi connectivity index (χ1v) is 7.84. The lowest BCUT2D eigenvalue weighted by molar-refractivity contribution is -0.403. The van der Waals surface area contributed by atoms with Crippen LogP contribution in [0.1, 0.15) is 64.0 Å². The van der Waals surface area contributed by atoms with Gasteiger partial charge in [-0.3, -0.25) is 0 Å². The van der Waals surface area contributed by atoms with Gasteiger partial charge in [0.15, 0.2) is 5.71 Å². The van der Waals surface area contributed by atoms with Gasteiger partial charge in [-0.1, -0.05) is 44.7 Å². The molecular formula is C18H28N+. The highest BCUT2D eigenvalue weighted by Crippen LogP contribution is 2.48. The topological polar surface area (TPSA) is 3.01 Å². The number of fused-ring (bicyclic) bond motifs is 2. The molecule has 1 aliphatic heterocycles. The molecule has 0 atom stereocenters. The van der Waals surface area contributed by atoms with Gasteiger partial charge in [0, 0.05) is 18.6 Å². The van der Waals surface area contributed by atoms with E-state index >= 15 is 0 Å². The molecule has 1 aromatic carbocycles. The number of hydrogen-bond acceptors (Lipinski definition) is 0. The molecule has 1 aliphatic carbocycles. The molecule has 3 rings (SSSR count). The van der Waals surface area contributed by atoms with Gasteiger partial charge in [0.05, 0.1) is 5.41 Å². The molecular weight excluding hydrogens is 230 g/mol. The third kappa shape index (κ3) is 2.13. The average molecular weight is 258 g/mol. The molecule has 0 amide bonds. The lowest BCUT2D eigenvalue weighted by Crippen LogP contribution is -2.35.